The van der Waals surface area contributed by atoms with Crippen LogP contribution in [0.4, 0.5) is 0 Å². The lowest BCUT2D eigenvalue weighted by atomic mass is 9.93. The van der Waals surface area contributed by atoms with E-state index in [4.69, 9.17) is 0 Å². The first kappa shape index (κ1) is 21.1. The van der Waals surface area contributed by atoms with Gasteiger partial charge in [-0.1, -0.05) is 37.3 Å². The largest absolute Gasteiger partial charge is 0.310 e. The van der Waals surface area contributed by atoms with E-state index in [1.807, 2.05) is 30.3 Å². The molecule has 0 radical (unpaired) electrons. The molecule has 0 unspecified atom stereocenters. The molecule has 1 aliphatic rings. The second-order valence-electron chi connectivity index (χ2n) is 7.41. The van der Waals surface area contributed by atoms with Crippen LogP contribution in [0.25, 0.3) is 0 Å². The molecule has 0 amide bonds. The Balaban J connectivity index is 1.86. The van der Waals surface area contributed by atoms with Gasteiger partial charge in [0.2, 0.25) is 10.0 Å². The summed E-state index contributed by atoms with van der Waals surface area (Å²) >= 11 is 0. The Morgan fingerprint density at radius 3 is 2.34 bits per heavy atom. The molecule has 3 rings (SSSR count). The highest BCUT2D eigenvalue weighted by Crippen LogP contribution is 2.23. The first-order chi connectivity index (χ1) is 13.7. The van der Waals surface area contributed by atoms with Gasteiger partial charge >= 0.3 is 0 Å². The Morgan fingerprint density at radius 2 is 1.76 bits per heavy atom. The topological polar surface area (TPSA) is 93.5 Å². The van der Waals surface area contributed by atoms with Crippen molar-refractivity contribution in [3.63, 3.8) is 0 Å². The molecule has 1 aliphatic heterocycles. The lowest BCUT2D eigenvalue weighted by Gasteiger charge is -2.36. The van der Waals surface area contributed by atoms with Crippen LogP contribution in [0.3, 0.4) is 0 Å². The summed E-state index contributed by atoms with van der Waals surface area (Å²) in [5.74, 6) is -0.564. The zero-order valence-electron chi connectivity index (χ0n) is 16.5. The van der Waals surface area contributed by atoms with Crippen molar-refractivity contribution in [3.8, 4) is 0 Å². The Kier molecular flexibility index (Phi) is 6.14. The molecule has 0 spiro atoms. The van der Waals surface area contributed by atoms with Crippen LogP contribution in [0, 0.1) is 5.92 Å². The van der Waals surface area contributed by atoms with Gasteiger partial charge in [0.05, 0.1) is 18.4 Å². The zero-order valence-corrected chi connectivity index (χ0v) is 17.3. The number of Topliss-reactive ketones (excluding diaryl/α,β-unsaturated/α-hetero) is 2. The van der Waals surface area contributed by atoms with Crippen molar-refractivity contribution in [3.05, 3.63) is 69.6 Å². The maximum atomic E-state index is 12.8. The van der Waals surface area contributed by atoms with Crippen molar-refractivity contribution >= 4 is 21.6 Å². The number of hydrogen-bond donors (Lipinski definition) is 0. The average Bonchev–Trinajstić information content (AvgIpc) is 2.65. The molecule has 1 aromatic heterocycles. The van der Waals surface area contributed by atoms with Gasteiger partial charge in [0, 0.05) is 37.7 Å². The van der Waals surface area contributed by atoms with E-state index in [-0.39, 0.29) is 42.4 Å². The number of nitrogens with zero attached hydrogens (tertiary/aromatic N) is 2. The molecule has 7 nitrogen and oxygen atoms in total. The number of rotatable bonds is 8. The minimum atomic E-state index is -3.24. The lowest BCUT2D eigenvalue weighted by molar-refractivity contribution is 0.0905. The lowest BCUT2D eigenvalue weighted by Crippen LogP contribution is -2.50. The number of ketones is 2. The van der Waals surface area contributed by atoms with Crippen LogP contribution >= 0.6 is 0 Å². The first-order valence-electron chi connectivity index (χ1n) is 9.49. The Morgan fingerprint density at radius 1 is 1.10 bits per heavy atom. The van der Waals surface area contributed by atoms with Crippen molar-refractivity contribution in [1.82, 2.24) is 8.87 Å². The molecule has 2 heterocycles. The van der Waals surface area contributed by atoms with Gasteiger partial charge in [-0.25, -0.2) is 12.7 Å². The monoisotopic (exact) mass is 416 g/mol. The van der Waals surface area contributed by atoms with E-state index in [1.165, 1.54) is 21.1 Å². The van der Waals surface area contributed by atoms with Crippen molar-refractivity contribution in [2.24, 2.45) is 5.92 Å². The molecule has 0 N–H and O–H groups in total. The van der Waals surface area contributed by atoms with Gasteiger partial charge in [0.1, 0.15) is 0 Å². The second-order valence-corrected chi connectivity index (χ2v) is 9.39. The third kappa shape index (κ3) is 4.89. The Labute approximate surface area is 170 Å². The molecule has 29 heavy (non-hydrogen) atoms. The van der Waals surface area contributed by atoms with Crippen LogP contribution in [-0.4, -0.2) is 48.2 Å². The summed E-state index contributed by atoms with van der Waals surface area (Å²) in [7, 11) is -3.24. The third-order valence-electron chi connectivity index (χ3n) is 5.09. The minimum absolute atomic E-state index is 0.0145. The molecule has 0 saturated carbocycles. The summed E-state index contributed by atoms with van der Waals surface area (Å²) in [5, 5.41) is 0. The Bertz CT molecular complexity index is 1080. The minimum Gasteiger partial charge on any atom is -0.310 e. The summed E-state index contributed by atoms with van der Waals surface area (Å²) in [4.78, 5) is 37.8. The van der Waals surface area contributed by atoms with Gasteiger partial charge < -0.3 is 4.57 Å². The van der Waals surface area contributed by atoms with Gasteiger partial charge in [-0.15, -0.1) is 0 Å². The highest BCUT2D eigenvalue weighted by atomic mass is 32.2. The number of hydrogen-bond acceptors (Lipinski definition) is 5. The SMILES string of the molecule is CCC(=O)c1cc(C(=O)CC2CN(S(C)(=O)=O)C2)cn(Cc2ccccc2)c1=O. The van der Waals surface area contributed by atoms with Crippen molar-refractivity contribution in [2.75, 3.05) is 19.3 Å². The highest BCUT2D eigenvalue weighted by Gasteiger charge is 2.34. The van der Waals surface area contributed by atoms with Crippen LogP contribution in [0.15, 0.2) is 47.4 Å². The molecular formula is C21H24N2O5S. The normalized spacial score (nSPS) is 15.1. The maximum absolute atomic E-state index is 12.8. The smallest absolute Gasteiger partial charge is 0.261 e. The number of aromatic nitrogens is 1. The number of benzene rings is 1. The highest BCUT2D eigenvalue weighted by molar-refractivity contribution is 7.88. The van der Waals surface area contributed by atoms with Crippen LogP contribution in [0.5, 0.6) is 0 Å². The van der Waals surface area contributed by atoms with Gasteiger partial charge in [0.15, 0.2) is 11.6 Å². The fourth-order valence-corrected chi connectivity index (χ4v) is 4.34. The first-order valence-corrected chi connectivity index (χ1v) is 11.3. The van der Waals surface area contributed by atoms with Crippen LogP contribution in [0.2, 0.25) is 0 Å². The molecule has 0 aliphatic carbocycles. The standard InChI is InChI=1S/C21H24N2O5S/c1-3-19(24)18-10-17(20(25)9-16-12-23(13-16)29(2,27)28)14-22(21(18)26)11-15-7-5-4-6-8-15/h4-8,10,14,16H,3,9,11-13H2,1-2H3. The van der Waals surface area contributed by atoms with Crippen LogP contribution in [0.1, 0.15) is 46.0 Å². The van der Waals surface area contributed by atoms with Crippen LogP contribution < -0.4 is 5.56 Å². The fraction of sp³-hybridized carbons (Fsp3) is 0.381. The second kappa shape index (κ2) is 8.42. The predicted molar refractivity (Wildman–Crippen MR) is 110 cm³/mol. The van der Waals surface area contributed by atoms with E-state index < -0.39 is 15.6 Å². The van der Waals surface area contributed by atoms with E-state index in [0.717, 1.165) is 11.8 Å². The van der Waals surface area contributed by atoms with Crippen molar-refractivity contribution in [2.45, 2.75) is 26.3 Å². The van der Waals surface area contributed by atoms with E-state index in [9.17, 15) is 22.8 Å². The summed E-state index contributed by atoms with van der Waals surface area (Å²) in [6.07, 6.45) is 2.99. The third-order valence-corrected chi connectivity index (χ3v) is 6.33. The quantitative estimate of drug-likeness (QED) is 0.613. The number of sulfonamides is 1. The molecule has 8 heteroatoms. The molecule has 0 bridgehead atoms. The van der Waals surface area contributed by atoms with E-state index in [2.05, 4.69) is 0 Å². The summed E-state index contributed by atoms with van der Waals surface area (Å²) in [6, 6.07) is 10.7. The molecule has 1 fully saturated rings. The average molecular weight is 416 g/mol. The number of carbonyl (C=O) groups is 2. The van der Waals surface area contributed by atoms with Gasteiger partial charge in [0.25, 0.3) is 5.56 Å². The van der Waals surface area contributed by atoms with E-state index in [1.54, 1.807) is 6.92 Å². The summed E-state index contributed by atoms with van der Waals surface area (Å²) in [6.45, 7) is 2.56. The zero-order chi connectivity index (χ0) is 21.2. The molecule has 1 saturated heterocycles. The molecule has 0 atom stereocenters. The van der Waals surface area contributed by atoms with E-state index in [0.29, 0.717) is 18.7 Å². The molecular weight excluding hydrogens is 392 g/mol. The van der Waals surface area contributed by atoms with Gasteiger partial charge in [-0.2, -0.15) is 0 Å². The molecule has 154 valence electrons. The Hall–Kier alpha value is -2.58. The summed E-state index contributed by atoms with van der Waals surface area (Å²) < 4.78 is 25.7. The molecule has 1 aromatic carbocycles. The van der Waals surface area contributed by atoms with Crippen LogP contribution in [-0.2, 0) is 16.6 Å². The van der Waals surface area contributed by atoms with Crippen molar-refractivity contribution in [1.29, 1.82) is 0 Å². The van der Waals surface area contributed by atoms with Gasteiger partial charge in [-0.05, 0) is 17.5 Å². The summed E-state index contributed by atoms with van der Waals surface area (Å²) in [5.41, 5.74) is 0.789. The van der Waals surface area contributed by atoms with E-state index >= 15 is 0 Å². The van der Waals surface area contributed by atoms with Crippen molar-refractivity contribution < 1.29 is 18.0 Å². The predicted octanol–water partition coefficient (Wildman–Crippen LogP) is 1.95. The fourth-order valence-electron chi connectivity index (χ4n) is 3.38. The number of carbonyl (C=O) groups excluding carboxylic acids is 2. The number of pyridine rings is 1. The van der Waals surface area contributed by atoms with Gasteiger partial charge in [-0.3, -0.25) is 14.4 Å². The molecule has 2 aromatic rings. The maximum Gasteiger partial charge on any atom is 0.261 e.